The van der Waals surface area contributed by atoms with Crippen LogP contribution >= 0.6 is 15.9 Å². The van der Waals surface area contributed by atoms with Crippen LogP contribution in [0.15, 0.2) is 18.2 Å². The first-order valence-corrected chi connectivity index (χ1v) is 5.22. The zero-order chi connectivity index (χ0) is 10.1. The second kappa shape index (κ2) is 3.69. The van der Waals surface area contributed by atoms with Gasteiger partial charge in [0, 0.05) is 18.9 Å². The van der Waals surface area contributed by atoms with Gasteiger partial charge in [-0.05, 0) is 28.1 Å². The van der Waals surface area contributed by atoms with Gasteiger partial charge in [-0.3, -0.25) is 4.79 Å². The number of alkyl halides is 1. The van der Waals surface area contributed by atoms with Crippen molar-refractivity contribution in [1.82, 2.24) is 0 Å². The maximum absolute atomic E-state index is 12.9. The van der Waals surface area contributed by atoms with E-state index in [1.165, 1.54) is 18.2 Å². The molecule has 0 saturated heterocycles. The molecule has 0 saturated carbocycles. The Kier molecular flexibility index (Phi) is 2.54. The molecule has 1 unspecified atom stereocenters. The Bertz CT molecular complexity index is 378. The highest BCUT2D eigenvalue weighted by Crippen LogP contribution is 2.29. The maximum atomic E-state index is 12.9. The largest absolute Gasteiger partial charge is 0.478 e. The monoisotopic (exact) mass is 258 g/mol. The Labute approximate surface area is 89.2 Å². The maximum Gasteiger partial charge on any atom is 0.166 e. The molecule has 4 heteroatoms. The van der Waals surface area contributed by atoms with Gasteiger partial charge in [-0.25, -0.2) is 4.39 Å². The summed E-state index contributed by atoms with van der Waals surface area (Å²) in [4.78, 5) is 11.5. The van der Waals surface area contributed by atoms with E-state index in [-0.39, 0.29) is 10.8 Å². The van der Waals surface area contributed by atoms with Crippen LogP contribution in [0, 0.1) is 5.82 Å². The summed E-state index contributed by atoms with van der Waals surface area (Å²) in [7, 11) is 0. The predicted octanol–water partition coefficient (Wildman–Crippen LogP) is 2.90. The zero-order valence-electron chi connectivity index (χ0n) is 7.30. The fraction of sp³-hybridized carbons (Fsp3) is 0.300. The minimum Gasteiger partial charge on any atom is -0.478 e. The first-order valence-electron chi connectivity index (χ1n) is 4.30. The van der Waals surface area contributed by atoms with Gasteiger partial charge in [-0.15, -0.1) is 0 Å². The van der Waals surface area contributed by atoms with Crippen molar-refractivity contribution in [2.75, 3.05) is 0 Å². The second-order valence-corrected chi connectivity index (χ2v) is 4.15. The summed E-state index contributed by atoms with van der Waals surface area (Å²) >= 11 is 3.26. The van der Waals surface area contributed by atoms with Crippen LogP contribution in [0.25, 0.3) is 0 Å². The predicted molar refractivity (Wildman–Crippen MR) is 53.3 cm³/mol. The standard InChI is InChI=1S/C10H8BrFO2/c11-10-4-3-8(13)7-2-1-6(12)5-9(7)14-10/h1-2,5,10H,3-4H2. The highest BCUT2D eigenvalue weighted by atomic mass is 79.9. The molecule has 2 rings (SSSR count). The van der Waals surface area contributed by atoms with Crippen molar-refractivity contribution in [2.45, 2.75) is 17.9 Å². The van der Waals surface area contributed by atoms with Crippen LogP contribution in [0.4, 0.5) is 4.39 Å². The molecule has 0 radical (unpaired) electrons. The van der Waals surface area contributed by atoms with Crippen LogP contribution in [0.3, 0.4) is 0 Å². The molecule has 1 aromatic carbocycles. The van der Waals surface area contributed by atoms with E-state index in [1.807, 2.05) is 0 Å². The number of Topliss-reactive ketones (excluding diaryl/α,β-unsaturated/α-hetero) is 1. The van der Waals surface area contributed by atoms with Crippen LogP contribution in [-0.4, -0.2) is 10.8 Å². The molecular weight excluding hydrogens is 251 g/mol. The molecule has 0 aliphatic carbocycles. The Morgan fingerprint density at radius 3 is 3.07 bits per heavy atom. The molecule has 1 heterocycles. The van der Waals surface area contributed by atoms with Gasteiger partial charge >= 0.3 is 0 Å². The van der Waals surface area contributed by atoms with Crippen molar-refractivity contribution < 1.29 is 13.9 Å². The summed E-state index contributed by atoms with van der Waals surface area (Å²) in [6.45, 7) is 0. The van der Waals surface area contributed by atoms with E-state index in [2.05, 4.69) is 15.9 Å². The molecular formula is C10H8BrFO2. The quantitative estimate of drug-likeness (QED) is 0.669. The van der Waals surface area contributed by atoms with E-state index in [4.69, 9.17) is 4.74 Å². The van der Waals surface area contributed by atoms with Crippen molar-refractivity contribution in [3.63, 3.8) is 0 Å². The summed E-state index contributed by atoms with van der Waals surface area (Å²) in [5, 5.41) is -0.213. The summed E-state index contributed by atoms with van der Waals surface area (Å²) in [5.74, 6) is -0.0607. The number of fused-ring (bicyclic) bond motifs is 1. The fourth-order valence-electron chi connectivity index (χ4n) is 1.40. The first-order chi connectivity index (χ1) is 6.66. The number of benzene rings is 1. The molecule has 0 N–H and O–H groups in total. The third-order valence-electron chi connectivity index (χ3n) is 2.10. The van der Waals surface area contributed by atoms with Gasteiger partial charge in [-0.1, -0.05) is 0 Å². The minimum atomic E-state index is -0.391. The highest BCUT2D eigenvalue weighted by Gasteiger charge is 2.21. The molecule has 14 heavy (non-hydrogen) atoms. The molecule has 1 atom stereocenters. The Hall–Kier alpha value is -0.900. The van der Waals surface area contributed by atoms with Crippen molar-refractivity contribution in [3.05, 3.63) is 29.6 Å². The number of ketones is 1. The summed E-state index contributed by atoms with van der Waals surface area (Å²) in [5.41, 5.74) is 0.466. The van der Waals surface area contributed by atoms with Crippen molar-refractivity contribution in [3.8, 4) is 5.75 Å². The lowest BCUT2D eigenvalue weighted by Gasteiger charge is -2.09. The molecule has 1 aromatic rings. The Balaban J connectivity index is 2.47. The lowest BCUT2D eigenvalue weighted by molar-refractivity contribution is 0.0982. The lowest BCUT2D eigenvalue weighted by Crippen LogP contribution is -2.05. The van der Waals surface area contributed by atoms with Crippen LogP contribution < -0.4 is 4.74 Å². The average molecular weight is 259 g/mol. The Morgan fingerprint density at radius 1 is 1.50 bits per heavy atom. The van der Waals surface area contributed by atoms with Crippen molar-refractivity contribution in [1.29, 1.82) is 0 Å². The Morgan fingerprint density at radius 2 is 2.29 bits per heavy atom. The van der Waals surface area contributed by atoms with Crippen LogP contribution in [0.5, 0.6) is 5.75 Å². The van der Waals surface area contributed by atoms with Gasteiger partial charge in [-0.2, -0.15) is 0 Å². The van der Waals surface area contributed by atoms with E-state index in [1.54, 1.807) is 0 Å². The smallest absolute Gasteiger partial charge is 0.166 e. The third-order valence-corrected chi connectivity index (χ3v) is 2.74. The molecule has 1 aliphatic heterocycles. The first kappa shape index (κ1) is 9.65. The fourth-order valence-corrected chi connectivity index (χ4v) is 1.83. The second-order valence-electron chi connectivity index (χ2n) is 3.13. The number of carbonyl (C=O) groups excluding carboxylic acids is 1. The van der Waals surface area contributed by atoms with Crippen molar-refractivity contribution >= 4 is 21.7 Å². The third kappa shape index (κ3) is 1.80. The highest BCUT2D eigenvalue weighted by molar-refractivity contribution is 9.09. The summed E-state index contributed by atoms with van der Waals surface area (Å²) in [6, 6.07) is 3.99. The van der Waals surface area contributed by atoms with E-state index in [0.717, 1.165) is 0 Å². The number of carbonyl (C=O) groups is 1. The normalized spacial score (nSPS) is 21.0. The molecule has 1 aliphatic rings. The van der Waals surface area contributed by atoms with Gasteiger partial charge in [0.2, 0.25) is 0 Å². The molecule has 0 fully saturated rings. The lowest BCUT2D eigenvalue weighted by atomic mass is 10.1. The minimum absolute atomic E-state index is 0.00181. The van der Waals surface area contributed by atoms with Crippen LogP contribution in [0.2, 0.25) is 0 Å². The topological polar surface area (TPSA) is 26.3 Å². The molecule has 74 valence electrons. The summed E-state index contributed by atoms with van der Waals surface area (Å²) in [6.07, 6.45) is 1.03. The van der Waals surface area contributed by atoms with Gasteiger partial charge in [0.25, 0.3) is 0 Å². The van der Waals surface area contributed by atoms with Gasteiger partial charge in [0.15, 0.2) is 10.8 Å². The van der Waals surface area contributed by atoms with E-state index >= 15 is 0 Å². The van der Waals surface area contributed by atoms with Crippen LogP contribution in [-0.2, 0) is 0 Å². The SMILES string of the molecule is O=C1CCC(Br)Oc2cc(F)ccc21. The van der Waals surface area contributed by atoms with E-state index < -0.39 is 5.82 Å². The van der Waals surface area contributed by atoms with E-state index in [0.29, 0.717) is 24.2 Å². The molecule has 0 amide bonds. The molecule has 0 aromatic heterocycles. The average Bonchev–Trinajstić information content (AvgIpc) is 2.26. The van der Waals surface area contributed by atoms with Crippen molar-refractivity contribution in [2.24, 2.45) is 0 Å². The van der Waals surface area contributed by atoms with Gasteiger partial charge < -0.3 is 4.74 Å². The number of rotatable bonds is 0. The molecule has 0 bridgehead atoms. The summed E-state index contributed by atoms with van der Waals surface area (Å²) < 4.78 is 18.2. The number of hydrogen-bond acceptors (Lipinski definition) is 2. The van der Waals surface area contributed by atoms with Crippen LogP contribution in [0.1, 0.15) is 23.2 Å². The van der Waals surface area contributed by atoms with Gasteiger partial charge in [0.05, 0.1) is 5.56 Å². The number of ether oxygens (including phenoxy) is 1. The van der Waals surface area contributed by atoms with E-state index in [9.17, 15) is 9.18 Å². The zero-order valence-corrected chi connectivity index (χ0v) is 8.88. The van der Waals surface area contributed by atoms with Gasteiger partial charge in [0.1, 0.15) is 11.6 Å². The molecule has 2 nitrogen and oxygen atoms in total. The number of hydrogen-bond donors (Lipinski definition) is 0. The molecule has 0 spiro atoms. The number of halogens is 2.